The summed E-state index contributed by atoms with van der Waals surface area (Å²) in [5.74, 6) is -0.229. The zero-order chi connectivity index (χ0) is 29.0. The molecular formula is C25H50ClN2O7PS. The van der Waals surface area contributed by atoms with Crippen molar-refractivity contribution >= 4 is 37.2 Å². The van der Waals surface area contributed by atoms with Crippen LogP contribution in [0.25, 0.3) is 0 Å². The average molecular weight is 589 g/mol. The fourth-order valence-corrected chi connectivity index (χ4v) is 8.71. The molecule has 2 aliphatic rings. The van der Waals surface area contributed by atoms with E-state index in [1.807, 2.05) is 14.0 Å². The van der Waals surface area contributed by atoms with Crippen LogP contribution in [0.5, 0.6) is 0 Å². The molecule has 2 fully saturated rings. The van der Waals surface area contributed by atoms with E-state index in [1.54, 1.807) is 20.1 Å². The van der Waals surface area contributed by atoms with Gasteiger partial charge in [0.25, 0.3) is 0 Å². The average Bonchev–Trinajstić information content (AvgIpc) is 2.96. The second-order valence-corrected chi connectivity index (χ2v) is 16.5. The third kappa shape index (κ3) is 5.72. The van der Waals surface area contributed by atoms with E-state index in [4.69, 9.17) is 20.9 Å². The van der Waals surface area contributed by atoms with Gasteiger partial charge in [-0.3, -0.25) is 0 Å². The molecule has 0 aromatic heterocycles. The molecule has 9 nitrogen and oxygen atoms in total. The number of carbonyl (C=O) groups is 1. The number of aliphatic hydroxyl groups is 2. The first-order valence-electron chi connectivity index (χ1n) is 13.0. The standard InChI is InChI=1S/C25H50ClN2O7PS/c1-12-13-20(3)14-21(4,28(9)15-20)19(29)27-17(16(2)26)18-22(5,30)23(6,31)24(7,35-36(10,32)33)25(8,34-18)37-11/h16-18,30-33,36H,12-15H2,1-11H3,(H,27,29). The summed E-state index contributed by atoms with van der Waals surface area (Å²) in [6.45, 7) is 15.8. The molecule has 0 radical (unpaired) electrons. The molecule has 0 bridgehead atoms. The molecule has 37 heavy (non-hydrogen) atoms. The number of ether oxygens (including phenoxy) is 1. The first-order chi connectivity index (χ1) is 16.5. The van der Waals surface area contributed by atoms with Crippen molar-refractivity contribution in [1.29, 1.82) is 0 Å². The fourth-order valence-electron chi connectivity index (χ4n) is 6.45. The van der Waals surface area contributed by atoms with E-state index in [9.17, 15) is 24.8 Å². The molecule has 9 unspecified atom stereocenters. The Labute approximate surface area is 232 Å². The van der Waals surface area contributed by atoms with Gasteiger partial charge in [0.15, 0.2) is 0 Å². The van der Waals surface area contributed by atoms with Crippen LogP contribution in [0.3, 0.4) is 0 Å². The van der Waals surface area contributed by atoms with Crippen molar-refractivity contribution in [1.82, 2.24) is 10.2 Å². The SMILES string of the molecule is CCCC1(C)CN(C)C(C)(C(=O)NC(C(C)Cl)C2OC(C)(SC)C(C)(O[PH](C)(O)O)C(C)(O)C2(C)O)C1. The van der Waals surface area contributed by atoms with Gasteiger partial charge in [-0.1, -0.05) is 13.3 Å². The van der Waals surface area contributed by atoms with Crippen molar-refractivity contribution in [3.8, 4) is 0 Å². The number of hydrogen-bond donors (Lipinski definition) is 5. The zero-order valence-electron chi connectivity index (χ0n) is 24.3. The van der Waals surface area contributed by atoms with Crippen LogP contribution < -0.4 is 5.32 Å². The first-order valence-corrected chi connectivity index (χ1v) is 16.9. The third-order valence-electron chi connectivity index (χ3n) is 9.17. The summed E-state index contributed by atoms with van der Waals surface area (Å²) >= 11 is 7.84. The summed E-state index contributed by atoms with van der Waals surface area (Å²) in [5.41, 5.74) is -6.61. The van der Waals surface area contributed by atoms with Crippen LogP contribution in [0.2, 0.25) is 0 Å². The molecule has 0 aliphatic carbocycles. The molecule has 0 spiro atoms. The van der Waals surface area contributed by atoms with Crippen LogP contribution in [0.15, 0.2) is 0 Å². The molecule has 2 aliphatic heterocycles. The number of likely N-dealkylation sites (N-methyl/N-ethyl adjacent to an activating group) is 1. The van der Waals surface area contributed by atoms with Gasteiger partial charge >= 0.3 is 220 Å². The van der Waals surface area contributed by atoms with E-state index in [0.29, 0.717) is 6.42 Å². The van der Waals surface area contributed by atoms with Crippen molar-refractivity contribution in [2.75, 3.05) is 26.5 Å². The van der Waals surface area contributed by atoms with Gasteiger partial charge in [0, 0.05) is 0 Å². The van der Waals surface area contributed by atoms with Gasteiger partial charge in [0.05, 0.1) is 0 Å². The van der Waals surface area contributed by atoms with Gasteiger partial charge in [-0.25, -0.2) is 0 Å². The van der Waals surface area contributed by atoms with Crippen LogP contribution >= 0.6 is 31.3 Å². The number of likely N-dealkylation sites (tertiary alicyclic amines) is 1. The molecule has 2 heterocycles. The molecule has 1 amide bonds. The molecule has 12 heteroatoms. The second-order valence-electron chi connectivity index (χ2n) is 12.5. The molecule has 2 rings (SSSR count). The summed E-state index contributed by atoms with van der Waals surface area (Å²) in [6, 6.07) is -0.887. The van der Waals surface area contributed by atoms with E-state index in [2.05, 4.69) is 24.1 Å². The van der Waals surface area contributed by atoms with Crippen molar-refractivity contribution in [2.24, 2.45) is 5.41 Å². The summed E-state index contributed by atoms with van der Waals surface area (Å²) in [5, 5.41) is 26.1. The Kier molecular flexibility index (Phi) is 9.57. The van der Waals surface area contributed by atoms with E-state index >= 15 is 0 Å². The van der Waals surface area contributed by atoms with Crippen LogP contribution in [-0.2, 0) is 14.1 Å². The minimum atomic E-state index is -4.19. The van der Waals surface area contributed by atoms with Crippen molar-refractivity contribution in [2.45, 2.75) is 119 Å². The van der Waals surface area contributed by atoms with E-state index in [-0.39, 0.29) is 11.3 Å². The van der Waals surface area contributed by atoms with E-state index in [1.165, 1.54) is 32.5 Å². The predicted octanol–water partition coefficient (Wildman–Crippen LogP) is 2.86. The van der Waals surface area contributed by atoms with Crippen LogP contribution in [0.1, 0.15) is 74.7 Å². The van der Waals surface area contributed by atoms with Crippen LogP contribution in [-0.4, -0.2) is 102 Å². The Balaban J connectivity index is 2.51. The number of rotatable bonds is 9. The zero-order valence-corrected chi connectivity index (χ0v) is 26.9. The normalized spacial score (nSPS) is 45.5. The van der Waals surface area contributed by atoms with E-state index < -0.39 is 52.7 Å². The maximum absolute atomic E-state index is 13.8. The number of carbonyl (C=O) groups excluding carboxylic acids is 1. The van der Waals surface area contributed by atoms with Gasteiger partial charge in [-0.05, 0) is 0 Å². The maximum atomic E-state index is 13.8. The Morgan fingerprint density at radius 2 is 1.78 bits per heavy atom. The van der Waals surface area contributed by atoms with Gasteiger partial charge in [-0.2, -0.15) is 0 Å². The van der Waals surface area contributed by atoms with Gasteiger partial charge < -0.3 is 0 Å². The fraction of sp³-hybridized carbons (Fsp3) is 0.960. The number of thioether (sulfide) groups is 1. The Hall–Kier alpha value is 0.260. The Bertz CT molecular complexity index is 859. The molecule has 0 saturated carbocycles. The molecule has 9 atom stereocenters. The molecular weight excluding hydrogens is 539 g/mol. The summed E-state index contributed by atoms with van der Waals surface area (Å²) in [7, 11) is -2.25. The molecule has 5 N–H and O–H groups in total. The Morgan fingerprint density at radius 1 is 1.24 bits per heavy atom. The number of alkyl halides is 1. The number of nitrogens with one attached hydrogen (secondary N) is 1. The van der Waals surface area contributed by atoms with Gasteiger partial charge in [0.1, 0.15) is 0 Å². The monoisotopic (exact) mass is 588 g/mol. The third-order valence-corrected chi connectivity index (χ3v) is 11.5. The topological polar surface area (TPSA) is 132 Å². The van der Waals surface area contributed by atoms with Gasteiger partial charge in [0.2, 0.25) is 0 Å². The minimum absolute atomic E-state index is 0.00409. The second kappa shape index (κ2) is 10.6. The summed E-state index contributed by atoms with van der Waals surface area (Å²) in [4.78, 5) is 35.0. The van der Waals surface area contributed by atoms with Crippen LogP contribution in [0, 0.1) is 5.41 Å². The summed E-state index contributed by atoms with van der Waals surface area (Å²) in [6.07, 6.45) is 3.28. The number of amides is 1. The number of hydrogen-bond acceptors (Lipinski definition) is 9. The van der Waals surface area contributed by atoms with Crippen LogP contribution in [0.4, 0.5) is 0 Å². The summed E-state index contributed by atoms with van der Waals surface area (Å²) < 4.78 is 12.2. The van der Waals surface area contributed by atoms with Crippen molar-refractivity contribution in [3.05, 3.63) is 0 Å². The van der Waals surface area contributed by atoms with E-state index in [0.717, 1.165) is 26.1 Å². The number of halogens is 1. The van der Waals surface area contributed by atoms with Gasteiger partial charge in [-0.15, -0.1) is 0 Å². The van der Waals surface area contributed by atoms with Crippen molar-refractivity contribution < 1.29 is 34.1 Å². The van der Waals surface area contributed by atoms with Crippen molar-refractivity contribution in [3.63, 3.8) is 0 Å². The first kappa shape index (κ1) is 33.5. The quantitative estimate of drug-likeness (QED) is 0.204. The predicted molar refractivity (Wildman–Crippen MR) is 152 cm³/mol. The molecule has 2 saturated heterocycles. The molecule has 220 valence electrons. The molecule has 0 aromatic rings. The number of nitrogens with zero attached hydrogens (tertiary/aromatic N) is 1. The molecule has 0 aromatic carbocycles. The Morgan fingerprint density at radius 3 is 2.22 bits per heavy atom.